The lowest BCUT2D eigenvalue weighted by atomic mass is 9.91. The maximum Gasteiger partial charge on any atom is 0.246 e. The van der Waals surface area contributed by atoms with Crippen molar-refractivity contribution in [2.75, 3.05) is 6.54 Å². The van der Waals surface area contributed by atoms with Crippen LogP contribution in [0.4, 0.5) is 0 Å². The predicted molar refractivity (Wildman–Crippen MR) is 54.4 cm³/mol. The molecule has 0 aliphatic carbocycles. The summed E-state index contributed by atoms with van der Waals surface area (Å²) in [6, 6.07) is 0.397. The minimum Gasteiger partial charge on any atom is -0.336 e. The molecular weight excluding hydrogens is 162 g/mol. The van der Waals surface area contributed by atoms with Crippen LogP contribution in [0.3, 0.4) is 0 Å². The van der Waals surface area contributed by atoms with Gasteiger partial charge in [0, 0.05) is 12.6 Å². The van der Waals surface area contributed by atoms with Gasteiger partial charge in [0.25, 0.3) is 0 Å². The molecule has 0 aromatic heterocycles. The standard InChI is InChI=1S/C11H19NO/c1-4-10-7-6-9(3)12(8-10)11(13)5-2/h5,9-10H,2,4,6-8H2,1,3H3. The summed E-state index contributed by atoms with van der Waals surface area (Å²) in [5.74, 6) is 0.783. The smallest absolute Gasteiger partial charge is 0.246 e. The number of piperidine rings is 1. The van der Waals surface area contributed by atoms with Gasteiger partial charge < -0.3 is 4.90 Å². The summed E-state index contributed by atoms with van der Waals surface area (Å²) >= 11 is 0. The number of amides is 1. The van der Waals surface area contributed by atoms with Crippen LogP contribution in [0.2, 0.25) is 0 Å². The fourth-order valence-electron chi connectivity index (χ4n) is 1.94. The minimum atomic E-state index is 0.0886. The first-order chi connectivity index (χ1) is 6.19. The summed E-state index contributed by atoms with van der Waals surface area (Å²) in [6.07, 6.45) is 5.00. The largest absolute Gasteiger partial charge is 0.336 e. The second kappa shape index (κ2) is 4.45. The van der Waals surface area contributed by atoms with Crippen LogP contribution >= 0.6 is 0 Å². The van der Waals surface area contributed by atoms with E-state index in [0.29, 0.717) is 12.0 Å². The van der Waals surface area contributed by atoms with Crippen LogP contribution in [-0.4, -0.2) is 23.4 Å². The first-order valence-electron chi connectivity index (χ1n) is 5.12. The van der Waals surface area contributed by atoms with Crippen molar-refractivity contribution in [3.63, 3.8) is 0 Å². The summed E-state index contributed by atoms with van der Waals surface area (Å²) < 4.78 is 0. The number of hydrogen-bond donors (Lipinski definition) is 0. The zero-order valence-electron chi connectivity index (χ0n) is 8.62. The average molecular weight is 181 g/mol. The monoisotopic (exact) mass is 181 g/mol. The molecule has 2 unspecified atom stereocenters. The van der Waals surface area contributed by atoms with Gasteiger partial charge in [0.2, 0.25) is 5.91 Å². The summed E-state index contributed by atoms with van der Waals surface area (Å²) in [5, 5.41) is 0. The Hall–Kier alpha value is -0.790. The SMILES string of the molecule is C=CC(=O)N1CC(CC)CCC1C. The first kappa shape index (κ1) is 10.3. The third-order valence-electron chi connectivity index (χ3n) is 3.01. The van der Waals surface area contributed by atoms with Gasteiger partial charge in [-0.2, -0.15) is 0 Å². The van der Waals surface area contributed by atoms with Gasteiger partial charge in [-0.3, -0.25) is 4.79 Å². The molecule has 0 spiro atoms. The van der Waals surface area contributed by atoms with E-state index in [-0.39, 0.29) is 5.91 Å². The third kappa shape index (κ3) is 2.33. The lowest BCUT2D eigenvalue weighted by Gasteiger charge is -2.37. The van der Waals surface area contributed by atoms with E-state index in [4.69, 9.17) is 0 Å². The Labute approximate surface area is 80.6 Å². The maximum absolute atomic E-state index is 11.4. The lowest BCUT2D eigenvalue weighted by molar-refractivity contribution is -0.130. The van der Waals surface area contributed by atoms with Crippen LogP contribution in [-0.2, 0) is 4.79 Å². The van der Waals surface area contributed by atoms with Crippen molar-refractivity contribution in [3.05, 3.63) is 12.7 Å². The van der Waals surface area contributed by atoms with Gasteiger partial charge in [0.15, 0.2) is 0 Å². The van der Waals surface area contributed by atoms with Crippen molar-refractivity contribution >= 4 is 5.91 Å². The van der Waals surface area contributed by atoms with E-state index in [0.717, 1.165) is 13.0 Å². The summed E-state index contributed by atoms with van der Waals surface area (Å²) in [6.45, 7) is 8.76. The number of nitrogens with zero attached hydrogens (tertiary/aromatic N) is 1. The Bertz CT molecular complexity index is 200. The van der Waals surface area contributed by atoms with Crippen molar-refractivity contribution in [3.8, 4) is 0 Å². The number of carbonyl (C=O) groups is 1. The molecule has 1 fully saturated rings. The molecule has 13 heavy (non-hydrogen) atoms. The molecule has 1 amide bonds. The number of rotatable bonds is 2. The van der Waals surface area contributed by atoms with E-state index in [2.05, 4.69) is 20.4 Å². The zero-order chi connectivity index (χ0) is 9.84. The molecule has 0 N–H and O–H groups in total. The molecule has 2 atom stereocenters. The van der Waals surface area contributed by atoms with Crippen molar-refractivity contribution in [2.24, 2.45) is 5.92 Å². The number of hydrogen-bond acceptors (Lipinski definition) is 1. The predicted octanol–water partition coefficient (Wildman–Crippen LogP) is 2.21. The Morgan fingerprint density at radius 2 is 2.31 bits per heavy atom. The van der Waals surface area contributed by atoms with E-state index < -0.39 is 0 Å². The van der Waals surface area contributed by atoms with Crippen LogP contribution in [0.5, 0.6) is 0 Å². The second-order valence-corrected chi connectivity index (χ2v) is 3.90. The van der Waals surface area contributed by atoms with Gasteiger partial charge in [0.05, 0.1) is 0 Å². The lowest BCUT2D eigenvalue weighted by Crippen LogP contribution is -2.44. The second-order valence-electron chi connectivity index (χ2n) is 3.90. The van der Waals surface area contributed by atoms with Crippen LogP contribution in [0.1, 0.15) is 33.1 Å². The minimum absolute atomic E-state index is 0.0886. The van der Waals surface area contributed by atoms with Crippen LogP contribution in [0.15, 0.2) is 12.7 Å². The fourth-order valence-corrected chi connectivity index (χ4v) is 1.94. The van der Waals surface area contributed by atoms with Crippen LogP contribution < -0.4 is 0 Å². The van der Waals surface area contributed by atoms with Gasteiger partial charge >= 0.3 is 0 Å². The fraction of sp³-hybridized carbons (Fsp3) is 0.727. The highest BCUT2D eigenvalue weighted by atomic mass is 16.2. The molecule has 1 rings (SSSR count). The van der Waals surface area contributed by atoms with E-state index in [1.165, 1.54) is 18.9 Å². The topological polar surface area (TPSA) is 20.3 Å². The Kier molecular flexibility index (Phi) is 3.52. The highest BCUT2D eigenvalue weighted by Crippen LogP contribution is 2.23. The van der Waals surface area contributed by atoms with Crippen molar-refractivity contribution in [2.45, 2.75) is 39.2 Å². The Balaban J connectivity index is 2.59. The van der Waals surface area contributed by atoms with Crippen LogP contribution in [0, 0.1) is 5.92 Å². The van der Waals surface area contributed by atoms with Gasteiger partial charge in [-0.15, -0.1) is 0 Å². The Morgan fingerprint density at radius 1 is 1.62 bits per heavy atom. The first-order valence-corrected chi connectivity index (χ1v) is 5.12. The summed E-state index contributed by atoms with van der Waals surface area (Å²) in [5.41, 5.74) is 0. The van der Waals surface area contributed by atoms with E-state index in [9.17, 15) is 4.79 Å². The van der Waals surface area contributed by atoms with Gasteiger partial charge in [0.1, 0.15) is 0 Å². The molecular formula is C11H19NO. The average Bonchev–Trinajstić information content (AvgIpc) is 2.17. The molecule has 2 nitrogen and oxygen atoms in total. The highest BCUT2D eigenvalue weighted by Gasteiger charge is 2.26. The number of carbonyl (C=O) groups excluding carboxylic acids is 1. The van der Waals surface area contributed by atoms with Gasteiger partial charge in [-0.05, 0) is 31.8 Å². The van der Waals surface area contributed by atoms with Crippen LogP contribution in [0.25, 0.3) is 0 Å². The molecule has 1 aliphatic heterocycles. The molecule has 1 heterocycles. The third-order valence-corrected chi connectivity index (χ3v) is 3.01. The molecule has 2 heteroatoms. The van der Waals surface area contributed by atoms with E-state index >= 15 is 0 Å². The molecule has 0 bridgehead atoms. The summed E-state index contributed by atoms with van der Waals surface area (Å²) in [7, 11) is 0. The number of likely N-dealkylation sites (tertiary alicyclic amines) is 1. The van der Waals surface area contributed by atoms with Gasteiger partial charge in [-0.25, -0.2) is 0 Å². The molecule has 1 aliphatic rings. The molecule has 0 aromatic carbocycles. The van der Waals surface area contributed by atoms with Gasteiger partial charge in [-0.1, -0.05) is 19.9 Å². The molecule has 0 aromatic rings. The maximum atomic E-state index is 11.4. The normalized spacial score (nSPS) is 28.6. The molecule has 74 valence electrons. The summed E-state index contributed by atoms with van der Waals surface area (Å²) in [4.78, 5) is 13.4. The molecule has 1 saturated heterocycles. The van der Waals surface area contributed by atoms with E-state index in [1.54, 1.807) is 0 Å². The van der Waals surface area contributed by atoms with Crippen molar-refractivity contribution in [1.29, 1.82) is 0 Å². The van der Waals surface area contributed by atoms with Crippen molar-refractivity contribution < 1.29 is 4.79 Å². The molecule has 0 saturated carbocycles. The quantitative estimate of drug-likeness (QED) is 0.598. The van der Waals surface area contributed by atoms with E-state index in [1.807, 2.05) is 4.90 Å². The Morgan fingerprint density at radius 3 is 2.85 bits per heavy atom. The molecule has 0 radical (unpaired) electrons. The zero-order valence-corrected chi connectivity index (χ0v) is 8.62. The van der Waals surface area contributed by atoms with Crippen molar-refractivity contribution in [1.82, 2.24) is 4.90 Å². The highest BCUT2D eigenvalue weighted by molar-refractivity contribution is 5.87.